The van der Waals surface area contributed by atoms with Crippen molar-refractivity contribution in [1.82, 2.24) is 4.98 Å². The van der Waals surface area contributed by atoms with E-state index in [4.69, 9.17) is 5.73 Å². The molecular formula is C7H9FN2. The zero-order valence-electron chi connectivity index (χ0n) is 5.76. The highest BCUT2D eigenvalue weighted by Gasteiger charge is 1.98. The van der Waals surface area contributed by atoms with Crippen LogP contribution in [-0.4, -0.2) is 4.98 Å². The molecule has 1 aromatic heterocycles. The van der Waals surface area contributed by atoms with Gasteiger partial charge in [-0.1, -0.05) is 6.92 Å². The molecule has 0 fully saturated rings. The largest absolute Gasteiger partial charge is 0.395 e. The summed E-state index contributed by atoms with van der Waals surface area (Å²) in [6.45, 7) is 1.91. The number of nitrogen functional groups attached to an aromatic ring is 1. The molecule has 0 aromatic carbocycles. The number of rotatable bonds is 1. The smallest absolute Gasteiger partial charge is 0.236 e. The topological polar surface area (TPSA) is 38.9 Å². The number of aryl methyl sites for hydroxylation is 1. The minimum atomic E-state index is -0.570. The molecule has 2 nitrogen and oxygen atoms in total. The Bertz CT molecular complexity index is 235. The predicted octanol–water partition coefficient (Wildman–Crippen LogP) is 1.37. The second kappa shape index (κ2) is 2.64. The molecule has 0 spiro atoms. The van der Waals surface area contributed by atoms with Crippen molar-refractivity contribution in [2.24, 2.45) is 0 Å². The van der Waals surface area contributed by atoms with Crippen LogP contribution < -0.4 is 5.73 Å². The maximum absolute atomic E-state index is 12.5. The van der Waals surface area contributed by atoms with Gasteiger partial charge in [0.15, 0.2) is 0 Å². The molecule has 10 heavy (non-hydrogen) atoms. The first kappa shape index (κ1) is 6.99. The third-order valence-corrected chi connectivity index (χ3v) is 1.30. The maximum Gasteiger partial charge on any atom is 0.236 e. The summed E-state index contributed by atoms with van der Waals surface area (Å²) in [5, 5.41) is 0. The van der Waals surface area contributed by atoms with Crippen LogP contribution in [0.15, 0.2) is 12.1 Å². The molecule has 0 atom stereocenters. The molecule has 1 aromatic rings. The molecule has 3 heteroatoms. The molecule has 0 bridgehead atoms. The molecule has 0 aliphatic rings. The normalized spacial score (nSPS) is 9.80. The van der Waals surface area contributed by atoms with E-state index in [9.17, 15) is 4.39 Å². The maximum atomic E-state index is 12.5. The van der Waals surface area contributed by atoms with E-state index in [1.54, 1.807) is 6.07 Å². The zero-order valence-corrected chi connectivity index (χ0v) is 5.76. The average molecular weight is 140 g/mol. The Morgan fingerprint density at radius 3 is 2.80 bits per heavy atom. The first-order valence-electron chi connectivity index (χ1n) is 3.15. The third kappa shape index (κ3) is 1.23. The summed E-state index contributed by atoms with van der Waals surface area (Å²) < 4.78 is 12.5. The Labute approximate surface area is 58.9 Å². The van der Waals surface area contributed by atoms with Gasteiger partial charge in [0.05, 0.1) is 5.69 Å². The van der Waals surface area contributed by atoms with Gasteiger partial charge in [0, 0.05) is 5.69 Å². The highest BCUT2D eigenvalue weighted by Crippen LogP contribution is 2.07. The predicted molar refractivity (Wildman–Crippen MR) is 38.0 cm³/mol. The van der Waals surface area contributed by atoms with Gasteiger partial charge in [-0.2, -0.15) is 4.39 Å². The average Bonchev–Trinajstić information content (AvgIpc) is 1.95. The number of nitrogens with two attached hydrogens (primary N) is 1. The lowest BCUT2D eigenvalue weighted by Gasteiger charge is -1.96. The van der Waals surface area contributed by atoms with Crippen molar-refractivity contribution < 1.29 is 4.39 Å². The van der Waals surface area contributed by atoms with Crippen molar-refractivity contribution in [2.75, 3.05) is 5.73 Å². The second-order valence-electron chi connectivity index (χ2n) is 2.04. The molecule has 0 unspecified atom stereocenters. The van der Waals surface area contributed by atoms with Crippen LogP contribution in [0.25, 0.3) is 0 Å². The van der Waals surface area contributed by atoms with E-state index < -0.39 is 5.95 Å². The lowest BCUT2D eigenvalue weighted by Crippen LogP contribution is -1.96. The fourth-order valence-electron chi connectivity index (χ4n) is 0.680. The van der Waals surface area contributed by atoms with E-state index >= 15 is 0 Å². The molecule has 1 rings (SSSR count). The van der Waals surface area contributed by atoms with Crippen molar-refractivity contribution in [3.8, 4) is 0 Å². The molecule has 0 radical (unpaired) electrons. The van der Waals surface area contributed by atoms with Crippen LogP contribution in [0.3, 0.4) is 0 Å². The fourth-order valence-corrected chi connectivity index (χ4v) is 0.680. The van der Waals surface area contributed by atoms with E-state index in [0.717, 1.165) is 12.1 Å². The number of nitrogens with zero attached hydrogens (tertiary/aromatic N) is 1. The molecule has 1 heterocycles. The molecule has 54 valence electrons. The van der Waals surface area contributed by atoms with Crippen molar-refractivity contribution in [2.45, 2.75) is 13.3 Å². The highest BCUT2D eigenvalue weighted by molar-refractivity contribution is 5.36. The third-order valence-electron chi connectivity index (χ3n) is 1.30. The molecule has 0 aliphatic heterocycles. The number of halogens is 1. The molecule has 0 saturated carbocycles. The number of pyridine rings is 1. The van der Waals surface area contributed by atoms with Gasteiger partial charge in [-0.25, -0.2) is 4.98 Å². The van der Waals surface area contributed by atoms with Gasteiger partial charge in [-0.15, -0.1) is 0 Å². The quantitative estimate of drug-likeness (QED) is 0.598. The standard InChI is InChI=1S/C7H9FN2/c1-2-5-3-4-6(9)7(8)10-5/h3-4H,2,9H2,1H3. The Kier molecular flexibility index (Phi) is 1.85. The Morgan fingerprint density at radius 1 is 1.60 bits per heavy atom. The Hall–Kier alpha value is -1.12. The number of aromatic nitrogens is 1. The molecule has 0 saturated heterocycles. The van der Waals surface area contributed by atoms with Crippen LogP contribution in [0.2, 0.25) is 0 Å². The summed E-state index contributed by atoms with van der Waals surface area (Å²) in [7, 11) is 0. The molecule has 0 aliphatic carbocycles. The SMILES string of the molecule is CCc1ccc(N)c(F)n1. The van der Waals surface area contributed by atoms with Crippen LogP contribution in [0.1, 0.15) is 12.6 Å². The first-order valence-corrected chi connectivity index (χ1v) is 3.15. The van der Waals surface area contributed by atoms with Gasteiger partial charge in [0.2, 0.25) is 5.95 Å². The van der Waals surface area contributed by atoms with Gasteiger partial charge < -0.3 is 5.73 Å². The van der Waals surface area contributed by atoms with Gasteiger partial charge in [0.25, 0.3) is 0 Å². The van der Waals surface area contributed by atoms with Crippen molar-refractivity contribution in [3.63, 3.8) is 0 Å². The Morgan fingerprint density at radius 2 is 2.30 bits per heavy atom. The van der Waals surface area contributed by atoms with Gasteiger partial charge in [-0.3, -0.25) is 0 Å². The Balaban J connectivity index is 3.04. The van der Waals surface area contributed by atoms with Crippen molar-refractivity contribution in [3.05, 3.63) is 23.8 Å². The van der Waals surface area contributed by atoms with Gasteiger partial charge in [-0.05, 0) is 18.6 Å². The monoisotopic (exact) mass is 140 g/mol. The van der Waals surface area contributed by atoms with Crippen molar-refractivity contribution in [1.29, 1.82) is 0 Å². The van der Waals surface area contributed by atoms with E-state index in [1.807, 2.05) is 6.92 Å². The van der Waals surface area contributed by atoms with Crippen LogP contribution in [-0.2, 0) is 6.42 Å². The summed E-state index contributed by atoms with van der Waals surface area (Å²) in [6, 6.07) is 3.25. The highest BCUT2D eigenvalue weighted by atomic mass is 19.1. The van der Waals surface area contributed by atoms with Crippen LogP contribution in [0, 0.1) is 5.95 Å². The number of hydrogen-bond acceptors (Lipinski definition) is 2. The minimum Gasteiger partial charge on any atom is -0.395 e. The zero-order chi connectivity index (χ0) is 7.56. The number of anilines is 1. The lowest BCUT2D eigenvalue weighted by atomic mass is 10.3. The second-order valence-corrected chi connectivity index (χ2v) is 2.04. The summed E-state index contributed by atoms with van der Waals surface area (Å²) in [4.78, 5) is 3.60. The first-order chi connectivity index (χ1) is 4.74. The number of hydrogen-bond donors (Lipinski definition) is 1. The van der Waals surface area contributed by atoms with E-state index in [2.05, 4.69) is 4.98 Å². The van der Waals surface area contributed by atoms with Crippen molar-refractivity contribution >= 4 is 5.69 Å². The summed E-state index contributed by atoms with van der Waals surface area (Å²) in [6.07, 6.45) is 0.733. The minimum absolute atomic E-state index is 0.109. The van der Waals surface area contributed by atoms with E-state index in [1.165, 1.54) is 6.07 Å². The molecule has 2 N–H and O–H groups in total. The van der Waals surface area contributed by atoms with Crippen LogP contribution >= 0.6 is 0 Å². The summed E-state index contributed by atoms with van der Waals surface area (Å²) >= 11 is 0. The molecule has 0 amide bonds. The van der Waals surface area contributed by atoms with E-state index in [-0.39, 0.29) is 5.69 Å². The van der Waals surface area contributed by atoms with Crippen LogP contribution in [0.5, 0.6) is 0 Å². The van der Waals surface area contributed by atoms with Gasteiger partial charge >= 0.3 is 0 Å². The van der Waals surface area contributed by atoms with Crippen LogP contribution in [0.4, 0.5) is 10.1 Å². The fraction of sp³-hybridized carbons (Fsp3) is 0.286. The summed E-state index contributed by atoms with van der Waals surface area (Å²) in [5.74, 6) is -0.570. The lowest BCUT2D eigenvalue weighted by molar-refractivity contribution is 0.582. The van der Waals surface area contributed by atoms with Gasteiger partial charge in [0.1, 0.15) is 0 Å². The summed E-state index contributed by atoms with van der Waals surface area (Å²) in [5.41, 5.74) is 6.04. The molecular weight excluding hydrogens is 131 g/mol. The van der Waals surface area contributed by atoms with E-state index in [0.29, 0.717) is 0 Å².